The smallest absolute Gasteiger partial charge is 0.241 e. The Morgan fingerprint density at radius 2 is 2.19 bits per heavy atom. The Kier molecular flexibility index (Phi) is 3.92. The zero-order valence-electron chi connectivity index (χ0n) is 11.3. The number of nitrogens with two attached hydrogens (primary N) is 1. The van der Waals surface area contributed by atoms with Gasteiger partial charge in [-0.25, -0.2) is 23.5 Å². The Labute approximate surface area is 127 Å². The van der Waals surface area contributed by atoms with Gasteiger partial charge in [0.1, 0.15) is 10.7 Å². The molecule has 0 aliphatic carbocycles. The predicted octanol–water partition coefficient (Wildman–Crippen LogP) is 1.57. The van der Waals surface area contributed by atoms with Gasteiger partial charge in [-0.15, -0.1) is 11.3 Å². The van der Waals surface area contributed by atoms with Crippen LogP contribution in [0.25, 0.3) is 0 Å². The fourth-order valence-corrected chi connectivity index (χ4v) is 4.12. The summed E-state index contributed by atoms with van der Waals surface area (Å²) >= 11 is 1.64. The second kappa shape index (κ2) is 5.70. The fraction of sp³-hybridized carbons (Fsp3) is 0.385. The van der Waals surface area contributed by atoms with Gasteiger partial charge in [0.2, 0.25) is 10.0 Å². The van der Waals surface area contributed by atoms with Crippen LogP contribution in [0, 0.1) is 0 Å². The number of piperidine rings is 1. The molecule has 6 nitrogen and oxygen atoms in total. The number of nitrogens with zero attached hydrogens (tertiary/aromatic N) is 3. The van der Waals surface area contributed by atoms with E-state index in [4.69, 9.17) is 5.14 Å². The molecule has 2 aromatic heterocycles. The molecular weight excluding hydrogens is 308 g/mol. The van der Waals surface area contributed by atoms with Crippen LogP contribution in [-0.4, -0.2) is 31.5 Å². The van der Waals surface area contributed by atoms with Crippen molar-refractivity contribution >= 4 is 27.2 Å². The predicted molar refractivity (Wildman–Crippen MR) is 81.9 cm³/mol. The van der Waals surface area contributed by atoms with E-state index >= 15 is 0 Å². The number of aromatic nitrogens is 2. The molecule has 2 N–H and O–H groups in total. The number of thiazole rings is 1. The summed E-state index contributed by atoms with van der Waals surface area (Å²) in [4.78, 5) is 10.7. The van der Waals surface area contributed by atoms with Crippen LogP contribution in [-0.2, 0) is 10.0 Å². The third-order valence-corrected chi connectivity index (χ3v) is 5.45. The maximum atomic E-state index is 11.7. The van der Waals surface area contributed by atoms with Gasteiger partial charge in [0, 0.05) is 36.8 Å². The molecule has 21 heavy (non-hydrogen) atoms. The molecule has 8 heteroatoms. The summed E-state index contributed by atoms with van der Waals surface area (Å²) in [5, 5.41) is 8.34. The van der Waals surface area contributed by atoms with E-state index in [1.165, 1.54) is 6.07 Å². The molecule has 0 saturated carbocycles. The molecule has 2 aromatic rings. The molecule has 1 aliphatic rings. The minimum absolute atomic E-state index is 0.0878. The molecule has 0 aromatic carbocycles. The van der Waals surface area contributed by atoms with Crippen LogP contribution in [0.1, 0.15) is 23.8 Å². The zero-order chi connectivity index (χ0) is 14.9. The van der Waals surface area contributed by atoms with E-state index in [0.29, 0.717) is 18.3 Å². The number of rotatable bonds is 3. The third-order valence-electron chi connectivity index (χ3n) is 3.58. The topological polar surface area (TPSA) is 89.2 Å². The second-order valence-corrected chi connectivity index (χ2v) is 7.48. The number of hydrogen-bond donors (Lipinski definition) is 1. The van der Waals surface area contributed by atoms with E-state index in [2.05, 4.69) is 9.97 Å². The first kappa shape index (κ1) is 14.4. The van der Waals surface area contributed by atoms with Crippen LogP contribution < -0.4 is 10.0 Å². The average molecular weight is 324 g/mol. The fourth-order valence-electron chi connectivity index (χ4n) is 2.65. The Morgan fingerprint density at radius 3 is 2.90 bits per heavy atom. The molecule has 0 bridgehead atoms. The van der Waals surface area contributed by atoms with E-state index in [0.717, 1.165) is 24.4 Å². The Balaban J connectivity index is 1.91. The first-order valence-corrected chi connectivity index (χ1v) is 9.10. The van der Waals surface area contributed by atoms with Gasteiger partial charge in [-0.3, -0.25) is 0 Å². The Bertz CT molecular complexity index is 716. The largest absolute Gasteiger partial charge is 0.355 e. The normalized spacial score (nSPS) is 19.7. The Hall–Kier alpha value is -1.51. The molecule has 0 unspecified atom stereocenters. The van der Waals surface area contributed by atoms with Crippen molar-refractivity contribution in [2.24, 2.45) is 5.14 Å². The molecule has 0 radical (unpaired) electrons. The van der Waals surface area contributed by atoms with E-state index in [1.807, 2.05) is 10.3 Å². The second-order valence-electron chi connectivity index (χ2n) is 5.03. The van der Waals surface area contributed by atoms with Gasteiger partial charge in [0.05, 0.1) is 5.01 Å². The standard InChI is InChI=1S/C13H16N4O2S2/c14-21(18,19)11-4-1-5-15-12(11)17-7-2-3-10(9-17)13-16-6-8-20-13/h1,4-6,8,10H,2-3,7,9H2,(H2,14,18,19)/t10-/m1/s1. The summed E-state index contributed by atoms with van der Waals surface area (Å²) < 4.78 is 23.4. The molecule has 1 fully saturated rings. The lowest BCUT2D eigenvalue weighted by atomic mass is 9.99. The van der Waals surface area contributed by atoms with Gasteiger partial charge < -0.3 is 4.90 Å². The van der Waals surface area contributed by atoms with Gasteiger partial charge >= 0.3 is 0 Å². The van der Waals surface area contributed by atoms with Crippen LogP contribution in [0.2, 0.25) is 0 Å². The highest BCUT2D eigenvalue weighted by Crippen LogP contribution is 2.32. The quantitative estimate of drug-likeness (QED) is 0.925. The summed E-state index contributed by atoms with van der Waals surface area (Å²) in [6.45, 7) is 1.49. The van der Waals surface area contributed by atoms with Crippen LogP contribution in [0.4, 0.5) is 5.82 Å². The van der Waals surface area contributed by atoms with Crippen molar-refractivity contribution in [2.75, 3.05) is 18.0 Å². The minimum Gasteiger partial charge on any atom is -0.355 e. The number of hydrogen-bond acceptors (Lipinski definition) is 6. The van der Waals surface area contributed by atoms with Crippen LogP contribution >= 0.6 is 11.3 Å². The van der Waals surface area contributed by atoms with Crippen LogP contribution in [0.15, 0.2) is 34.8 Å². The molecule has 1 aliphatic heterocycles. The van der Waals surface area contributed by atoms with Crippen LogP contribution in [0.3, 0.4) is 0 Å². The molecule has 112 valence electrons. The van der Waals surface area contributed by atoms with E-state index in [-0.39, 0.29) is 4.90 Å². The number of primary sulfonamides is 1. The lowest BCUT2D eigenvalue weighted by Crippen LogP contribution is -2.36. The summed E-state index contributed by atoms with van der Waals surface area (Å²) in [5.41, 5.74) is 0. The van der Waals surface area contributed by atoms with Crippen molar-refractivity contribution in [2.45, 2.75) is 23.7 Å². The van der Waals surface area contributed by atoms with E-state index in [1.54, 1.807) is 29.8 Å². The monoisotopic (exact) mass is 324 g/mol. The number of sulfonamides is 1. The first-order chi connectivity index (χ1) is 10.1. The molecule has 0 amide bonds. The highest BCUT2D eigenvalue weighted by atomic mass is 32.2. The summed E-state index contributed by atoms with van der Waals surface area (Å²) in [6.07, 6.45) is 5.43. The molecule has 3 heterocycles. The van der Waals surface area contributed by atoms with Gasteiger partial charge in [-0.1, -0.05) is 0 Å². The lowest BCUT2D eigenvalue weighted by Gasteiger charge is -2.33. The summed E-state index contributed by atoms with van der Waals surface area (Å²) in [5.74, 6) is 0.760. The first-order valence-electron chi connectivity index (χ1n) is 6.68. The molecule has 0 spiro atoms. The van der Waals surface area contributed by atoms with Crippen molar-refractivity contribution in [1.29, 1.82) is 0 Å². The molecular formula is C13H16N4O2S2. The average Bonchev–Trinajstić information content (AvgIpc) is 3.01. The highest BCUT2D eigenvalue weighted by molar-refractivity contribution is 7.89. The van der Waals surface area contributed by atoms with Crippen molar-refractivity contribution < 1.29 is 8.42 Å². The lowest BCUT2D eigenvalue weighted by molar-refractivity contribution is 0.502. The summed E-state index contributed by atoms with van der Waals surface area (Å²) in [7, 11) is -3.77. The SMILES string of the molecule is NS(=O)(=O)c1cccnc1N1CCC[C@@H](c2nccs2)C1. The maximum absolute atomic E-state index is 11.7. The van der Waals surface area contributed by atoms with E-state index in [9.17, 15) is 8.42 Å². The number of pyridine rings is 1. The van der Waals surface area contributed by atoms with E-state index < -0.39 is 10.0 Å². The maximum Gasteiger partial charge on any atom is 0.241 e. The van der Waals surface area contributed by atoms with Crippen molar-refractivity contribution in [1.82, 2.24) is 9.97 Å². The van der Waals surface area contributed by atoms with Gasteiger partial charge in [-0.2, -0.15) is 0 Å². The Morgan fingerprint density at radius 1 is 1.33 bits per heavy atom. The van der Waals surface area contributed by atoms with Crippen molar-refractivity contribution in [3.8, 4) is 0 Å². The third kappa shape index (κ3) is 3.07. The van der Waals surface area contributed by atoms with Gasteiger partial charge in [0.15, 0.2) is 0 Å². The van der Waals surface area contributed by atoms with Gasteiger partial charge in [0.25, 0.3) is 0 Å². The molecule has 1 saturated heterocycles. The minimum atomic E-state index is -3.77. The molecule has 3 rings (SSSR count). The highest BCUT2D eigenvalue weighted by Gasteiger charge is 2.27. The zero-order valence-corrected chi connectivity index (χ0v) is 13.0. The summed E-state index contributed by atoms with van der Waals surface area (Å²) in [6, 6.07) is 3.09. The van der Waals surface area contributed by atoms with Crippen molar-refractivity contribution in [3.63, 3.8) is 0 Å². The molecule has 1 atom stereocenters. The van der Waals surface area contributed by atoms with Crippen LogP contribution in [0.5, 0.6) is 0 Å². The number of anilines is 1. The van der Waals surface area contributed by atoms with Crippen molar-refractivity contribution in [3.05, 3.63) is 34.9 Å². The van der Waals surface area contributed by atoms with Gasteiger partial charge in [-0.05, 0) is 25.0 Å².